The number of hydrogen-bond donors (Lipinski definition) is 2. The van der Waals surface area contributed by atoms with Crippen molar-refractivity contribution in [3.05, 3.63) is 23.2 Å². The van der Waals surface area contributed by atoms with Crippen molar-refractivity contribution in [2.45, 2.75) is 18.7 Å². The smallest absolute Gasteiger partial charge is 0.242 e. The monoisotopic (exact) mass is 319 g/mol. The van der Waals surface area contributed by atoms with Gasteiger partial charge in [-0.05, 0) is 37.7 Å². The summed E-state index contributed by atoms with van der Waals surface area (Å²) in [6.07, 6.45) is 0. The summed E-state index contributed by atoms with van der Waals surface area (Å²) in [6, 6.07) is 4.41. The van der Waals surface area contributed by atoms with Crippen LogP contribution >= 0.6 is 11.6 Å². The third-order valence-corrected chi connectivity index (χ3v) is 4.44. The van der Waals surface area contributed by atoms with Crippen LogP contribution in [-0.2, 0) is 10.0 Å². The second kappa shape index (κ2) is 6.30. The third kappa shape index (κ3) is 4.94. The summed E-state index contributed by atoms with van der Waals surface area (Å²) in [4.78, 5) is 2.04. The van der Waals surface area contributed by atoms with Crippen LogP contribution in [0.4, 0.5) is 5.69 Å². The van der Waals surface area contributed by atoms with Gasteiger partial charge in [0.05, 0.1) is 5.69 Å². The molecule has 0 heterocycles. The van der Waals surface area contributed by atoms with Crippen molar-refractivity contribution in [2.24, 2.45) is 5.41 Å². The Balaban J connectivity index is 2.88. The summed E-state index contributed by atoms with van der Waals surface area (Å²) in [7, 11) is 0.239. The molecule has 0 fully saturated rings. The van der Waals surface area contributed by atoms with E-state index in [0.717, 1.165) is 6.54 Å². The standard InChI is InChI=1S/C13H22ClN3O2S/c1-13(2,9-17(3)4)8-16-20(18,19)12-7-10(14)5-6-11(12)15/h5-7,16H,8-9,15H2,1-4H3. The molecular formula is C13H22ClN3O2S. The molecule has 0 unspecified atom stereocenters. The molecule has 0 bridgehead atoms. The molecular weight excluding hydrogens is 298 g/mol. The maximum absolute atomic E-state index is 12.3. The molecule has 0 aromatic heterocycles. The van der Waals surface area contributed by atoms with Crippen molar-refractivity contribution in [3.63, 3.8) is 0 Å². The van der Waals surface area contributed by atoms with Gasteiger partial charge < -0.3 is 10.6 Å². The molecule has 1 aromatic carbocycles. The zero-order valence-corrected chi connectivity index (χ0v) is 13.8. The van der Waals surface area contributed by atoms with E-state index >= 15 is 0 Å². The molecule has 1 aromatic rings. The van der Waals surface area contributed by atoms with Crippen molar-refractivity contribution >= 4 is 27.3 Å². The Labute approximate surface area is 126 Å². The molecule has 1 rings (SSSR count). The molecule has 0 amide bonds. The van der Waals surface area contributed by atoms with E-state index in [-0.39, 0.29) is 16.0 Å². The van der Waals surface area contributed by atoms with E-state index in [4.69, 9.17) is 17.3 Å². The summed E-state index contributed by atoms with van der Waals surface area (Å²) < 4.78 is 27.1. The lowest BCUT2D eigenvalue weighted by atomic mass is 9.93. The molecule has 0 saturated carbocycles. The van der Waals surface area contributed by atoms with Crippen LogP contribution in [0.15, 0.2) is 23.1 Å². The van der Waals surface area contributed by atoms with Gasteiger partial charge in [0, 0.05) is 18.1 Å². The summed E-state index contributed by atoms with van der Waals surface area (Å²) in [6.45, 7) is 5.08. The minimum Gasteiger partial charge on any atom is -0.398 e. The number of halogens is 1. The van der Waals surface area contributed by atoms with Crippen LogP contribution in [0.25, 0.3) is 0 Å². The zero-order valence-electron chi connectivity index (χ0n) is 12.3. The maximum Gasteiger partial charge on any atom is 0.242 e. The summed E-state index contributed by atoms with van der Waals surface area (Å²) >= 11 is 5.83. The van der Waals surface area contributed by atoms with Crippen LogP contribution in [0.5, 0.6) is 0 Å². The van der Waals surface area contributed by atoms with E-state index < -0.39 is 10.0 Å². The Morgan fingerprint density at radius 2 is 1.95 bits per heavy atom. The second-order valence-corrected chi connectivity index (χ2v) is 8.08. The largest absolute Gasteiger partial charge is 0.398 e. The van der Waals surface area contributed by atoms with E-state index in [1.54, 1.807) is 6.07 Å². The number of nitrogens with two attached hydrogens (primary N) is 1. The molecule has 0 aliphatic carbocycles. The van der Waals surface area contributed by atoms with E-state index in [2.05, 4.69) is 4.72 Å². The summed E-state index contributed by atoms with van der Waals surface area (Å²) in [5.74, 6) is 0. The van der Waals surface area contributed by atoms with Crippen LogP contribution in [0.3, 0.4) is 0 Å². The van der Waals surface area contributed by atoms with Gasteiger partial charge in [-0.25, -0.2) is 13.1 Å². The van der Waals surface area contributed by atoms with E-state index in [0.29, 0.717) is 11.6 Å². The second-order valence-electron chi connectivity index (χ2n) is 5.91. The molecule has 0 aliphatic heterocycles. The Bertz CT molecular complexity index is 571. The van der Waals surface area contributed by atoms with Crippen LogP contribution in [0.1, 0.15) is 13.8 Å². The zero-order chi connectivity index (χ0) is 15.6. The Kier molecular flexibility index (Phi) is 5.43. The van der Waals surface area contributed by atoms with Crippen molar-refractivity contribution < 1.29 is 8.42 Å². The van der Waals surface area contributed by atoms with Crippen LogP contribution < -0.4 is 10.5 Å². The lowest BCUT2D eigenvalue weighted by Gasteiger charge is -2.28. The minimum atomic E-state index is -3.66. The van der Waals surface area contributed by atoms with Gasteiger partial charge in [0.2, 0.25) is 10.0 Å². The predicted octanol–water partition coefficient (Wildman–Crippen LogP) is 1.79. The highest BCUT2D eigenvalue weighted by molar-refractivity contribution is 7.89. The predicted molar refractivity (Wildman–Crippen MR) is 83.4 cm³/mol. The van der Waals surface area contributed by atoms with Gasteiger partial charge in [-0.2, -0.15) is 0 Å². The SMILES string of the molecule is CN(C)CC(C)(C)CNS(=O)(=O)c1cc(Cl)ccc1N. The van der Waals surface area contributed by atoms with Gasteiger partial charge in [-0.15, -0.1) is 0 Å². The normalized spacial score (nSPS) is 12.9. The Morgan fingerprint density at radius 1 is 1.35 bits per heavy atom. The fourth-order valence-corrected chi connectivity index (χ4v) is 3.65. The molecule has 5 nitrogen and oxygen atoms in total. The topological polar surface area (TPSA) is 75.4 Å². The molecule has 0 radical (unpaired) electrons. The van der Waals surface area contributed by atoms with Gasteiger partial charge in [0.25, 0.3) is 0 Å². The van der Waals surface area contributed by atoms with Crippen molar-refractivity contribution in [3.8, 4) is 0 Å². The minimum absolute atomic E-state index is 0.0191. The fraction of sp³-hybridized carbons (Fsp3) is 0.538. The first-order chi connectivity index (χ1) is 9.03. The number of sulfonamides is 1. The first-order valence-corrected chi connectivity index (χ1v) is 8.09. The van der Waals surface area contributed by atoms with Crippen molar-refractivity contribution in [2.75, 3.05) is 32.9 Å². The summed E-state index contributed by atoms with van der Waals surface area (Å²) in [5, 5.41) is 0.340. The highest BCUT2D eigenvalue weighted by atomic mass is 35.5. The number of benzene rings is 1. The maximum atomic E-state index is 12.3. The van der Waals surface area contributed by atoms with Crippen LogP contribution in [0, 0.1) is 5.41 Å². The molecule has 0 saturated heterocycles. The third-order valence-electron chi connectivity index (χ3n) is 2.75. The first-order valence-electron chi connectivity index (χ1n) is 6.23. The van der Waals surface area contributed by atoms with Gasteiger partial charge >= 0.3 is 0 Å². The average Bonchev–Trinajstić information content (AvgIpc) is 2.28. The van der Waals surface area contributed by atoms with Gasteiger partial charge in [0.15, 0.2) is 0 Å². The van der Waals surface area contributed by atoms with E-state index in [1.165, 1.54) is 12.1 Å². The number of hydrogen-bond acceptors (Lipinski definition) is 4. The van der Waals surface area contributed by atoms with Crippen molar-refractivity contribution in [1.82, 2.24) is 9.62 Å². The van der Waals surface area contributed by atoms with Crippen molar-refractivity contribution in [1.29, 1.82) is 0 Å². The quantitative estimate of drug-likeness (QED) is 0.784. The number of rotatable bonds is 6. The molecule has 20 heavy (non-hydrogen) atoms. The Morgan fingerprint density at radius 3 is 2.50 bits per heavy atom. The highest BCUT2D eigenvalue weighted by Crippen LogP contribution is 2.23. The van der Waals surface area contributed by atoms with Gasteiger partial charge in [-0.3, -0.25) is 0 Å². The lowest BCUT2D eigenvalue weighted by Crippen LogP contribution is -2.40. The van der Waals surface area contributed by atoms with Gasteiger partial charge in [0.1, 0.15) is 4.90 Å². The van der Waals surface area contributed by atoms with Crippen LogP contribution in [-0.4, -0.2) is 40.5 Å². The fourth-order valence-electron chi connectivity index (χ4n) is 2.02. The van der Waals surface area contributed by atoms with Crippen LogP contribution in [0.2, 0.25) is 5.02 Å². The molecule has 3 N–H and O–H groups in total. The number of nitrogens with one attached hydrogen (secondary N) is 1. The van der Waals surface area contributed by atoms with Gasteiger partial charge in [-0.1, -0.05) is 25.4 Å². The average molecular weight is 320 g/mol. The Hall–Kier alpha value is -0.820. The number of nitrogens with zero attached hydrogens (tertiary/aromatic N) is 1. The van der Waals surface area contributed by atoms with E-state index in [9.17, 15) is 8.42 Å². The van der Waals surface area contributed by atoms with E-state index in [1.807, 2.05) is 32.8 Å². The molecule has 0 spiro atoms. The summed E-state index contributed by atoms with van der Waals surface area (Å²) in [5.41, 5.74) is 5.71. The highest BCUT2D eigenvalue weighted by Gasteiger charge is 2.24. The lowest BCUT2D eigenvalue weighted by molar-refractivity contribution is 0.242. The molecule has 114 valence electrons. The number of anilines is 1. The molecule has 0 aliphatic rings. The first kappa shape index (κ1) is 17.2. The molecule has 0 atom stereocenters. The molecule has 7 heteroatoms. The number of nitrogen functional groups attached to an aromatic ring is 1.